The van der Waals surface area contributed by atoms with Crippen LogP contribution in [-0.4, -0.2) is 17.8 Å². The molecule has 0 spiro atoms. The van der Waals surface area contributed by atoms with Crippen molar-refractivity contribution in [1.29, 1.82) is 0 Å². The monoisotopic (exact) mass is 361 g/mol. The molecule has 0 unspecified atom stereocenters. The molecule has 27 heavy (non-hydrogen) atoms. The highest BCUT2D eigenvalue weighted by Crippen LogP contribution is 2.37. The van der Waals surface area contributed by atoms with Crippen molar-refractivity contribution >= 4 is 23.5 Å². The van der Waals surface area contributed by atoms with Gasteiger partial charge in [-0.25, -0.2) is 0 Å². The van der Waals surface area contributed by atoms with Gasteiger partial charge in [0.1, 0.15) is 5.75 Å². The number of esters is 1. The molecule has 1 heterocycles. The molecule has 4 rings (SSSR count). The van der Waals surface area contributed by atoms with E-state index in [1.54, 1.807) is 24.3 Å². The largest absolute Gasteiger partial charge is 0.426 e. The quantitative estimate of drug-likeness (QED) is 0.363. The van der Waals surface area contributed by atoms with Gasteiger partial charge < -0.3 is 4.74 Å². The van der Waals surface area contributed by atoms with Crippen LogP contribution >= 0.6 is 0 Å². The molecule has 5 heteroatoms. The van der Waals surface area contributed by atoms with Gasteiger partial charge in [0.25, 0.3) is 0 Å². The SMILES string of the molecule is O=C(Cc1ccccc1)Oc1ccc(N2C(=O)[C@@H]3CC=CC[C@H]3C2=O)cc1. The molecule has 2 aliphatic rings. The number of carbonyl (C=O) groups excluding carboxylic acids is 3. The highest BCUT2D eigenvalue weighted by Gasteiger charge is 2.47. The normalized spacial score (nSPS) is 21.3. The van der Waals surface area contributed by atoms with Crippen molar-refractivity contribution in [2.24, 2.45) is 11.8 Å². The second-order valence-electron chi connectivity index (χ2n) is 6.80. The highest BCUT2D eigenvalue weighted by atomic mass is 16.5. The third kappa shape index (κ3) is 3.40. The van der Waals surface area contributed by atoms with Crippen molar-refractivity contribution < 1.29 is 19.1 Å². The number of imide groups is 1. The molecule has 0 radical (unpaired) electrons. The Balaban J connectivity index is 1.44. The summed E-state index contributed by atoms with van der Waals surface area (Å²) in [6.07, 6.45) is 5.33. The summed E-state index contributed by atoms with van der Waals surface area (Å²) in [5.74, 6) is -0.791. The minimum Gasteiger partial charge on any atom is -0.426 e. The summed E-state index contributed by atoms with van der Waals surface area (Å²) in [5, 5.41) is 0. The molecule has 1 saturated heterocycles. The lowest BCUT2D eigenvalue weighted by Gasteiger charge is -2.15. The molecule has 0 aromatic heterocycles. The van der Waals surface area contributed by atoms with E-state index in [2.05, 4.69) is 0 Å². The van der Waals surface area contributed by atoms with Crippen LogP contribution < -0.4 is 9.64 Å². The Morgan fingerprint density at radius 1 is 0.889 bits per heavy atom. The van der Waals surface area contributed by atoms with Crippen LogP contribution in [0, 0.1) is 11.8 Å². The lowest BCUT2D eigenvalue weighted by molar-refractivity contribution is -0.133. The standard InChI is InChI=1S/C22H19NO4/c24-20(14-15-6-2-1-3-7-15)27-17-12-10-16(11-13-17)23-21(25)18-8-4-5-9-19(18)22(23)26/h1-7,10-13,18-19H,8-9,14H2/t18-,19-/m1/s1. The number of benzene rings is 2. The summed E-state index contributed by atoms with van der Waals surface area (Å²) in [5.41, 5.74) is 1.39. The maximum Gasteiger partial charge on any atom is 0.315 e. The topological polar surface area (TPSA) is 63.7 Å². The number of amides is 2. The Bertz CT molecular complexity index is 876. The molecule has 136 valence electrons. The van der Waals surface area contributed by atoms with Crippen LogP contribution in [0.25, 0.3) is 0 Å². The van der Waals surface area contributed by atoms with Crippen LogP contribution in [0.4, 0.5) is 5.69 Å². The van der Waals surface area contributed by atoms with Gasteiger partial charge in [-0.2, -0.15) is 0 Å². The molecule has 1 aliphatic heterocycles. The van der Waals surface area contributed by atoms with Gasteiger partial charge in [-0.3, -0.25) is 19.3 Å². The van der Waals surface area contributed by atoms with Crippen LogP contribution in [0.15, 0.2) is 66.7 Å². The number of hydrogen-bond donors (Lipinski definition) is 0. The Kier molecular flexibility index (Phi) is 4.59. The van der Waals surface area contributed by atoms with Crippen molar-refractivity contribution in [1.82, 2.24) is 0 Å². The Morgan fingerprint density at radius 2 is 1.48 bits per heavy atom. The second kappa shape index (κ2) is 7.19. The number of rotatable bonds is 4. The maximum absolute atomic E-state index is 12.6. The zero-order valence-corrected chi connectivity index (χ0v) is 14.7. The van der Waals surface area contributed by atoms with E-state index in [-0.39, 0.29) is 36.0 Å². The molecular weight excluding hydrogens is 342 g/mol. The molecule has 2 aromatic carbocycles. The summed E-state index contributed by atoms with van der Waals surface area (Å²) in [7, 11) is 0. The minimum absolute atomic E-state index is 0.150. The second-order valence-corrected chi connectivity index (χ2v) is 6.80. The Hall–Kier alpha value is -3.21. The van der Waals surface area contributed by atoms with Gasteiger partial charge >= 0.3 is 5.97 Å². The Morgan fingerprint density at radius 3 is 2.07 bits per heavy atom. The first-order valence-electron chi connectivity index (χ1n) is 9.01. The lowest BCUT2D eigenvalue weighted by Crippen LogP contribution is -2.30. The highest BCUT2D eigenvalue weighted by molar-refractivity contribution is 6.22. The van der Waals surface area contributed by atoms with Crippen LogP contribution in [0.1, 0.15) is 18.4 Å². The fourth-order valence-corrected chi connectivity index (χ4v) is 3.65. The maximum atomic E-state index is 12.6. The van der Waals surface area contributed by atoms with Crippen molar-refractivity contribution in [2.75, 3.05) is 4.90 Å². The van der Waals surface area contributed by atoms with E-state index in [1.807, 2.05) is 42.5 Å². The van der Waals surface area contributed by atoms with Gasteiger partial charge in [0.15, 0.2) is 0 Å². The molecular formula is C22H19NO4. The molecule has 1 aliphatic carbocycles. The van der Waals surface area contributed by atoms with Crippen LogP contribution in [0.3, 0.4) is 0 Å². The minimum atomic E-state index is -0.362. The number of carbonyl (C=O) groups is 3. The number of nitrogens with zero attached hydrogens (tertiary/aromatic N) is 1. The van der Waals surface area contributed by atoms with E-state index in [4.69, 9.17) is 4.74 Å². The van der Waals surface area contributed by atoms with E-state index < -0.39 is 0 Å². The zero-order chi connectivity index (χ0) is 18.8. The molecule has 1 fully saturated rings. The molecule has 2 aromatic rings. The molecule has 2 atom stereocenters. The van der Waals surface area contributed by atoms with E-state index in [1.165, 1.54) is 4.90 Å². The number of allylic oxidation sites excluding steroid dienone is 2. The fourth-order valence-electron chi connectivity index (χ4n) is 3.65. The Labute approximate surface area is 157 Å². The van der Waals surface area contributed by atoms with E-state index in [0.29, 0.717) is 24.3 Å². The third-order valence-corrected chi connectivity index (χ3v) is 5.03. The van der Waals surface area contributed by atoms with E-state index in [9.17, 15) is 14.4 Å². The molecule has 0 N–H and O–H groups in total. The molecule has 5 nitrogen and oxygen atoms in total. The van der Waals surface area contributed by atoms with Crippen LogP contribution in [0.5, 0.6) is 5.75 Å². The zero-order valence-electron chi connectivity index (χ0n) is 14.7. The van der Waals surface area contributed by atoms with Gasteiger partial charge in [0, 0.05) is 0 Å². The third-order valence-electron chi connectivity index (χ3n) is 5.03. The fraction of sp³-hybridized carbons (Fsp3) is 0.227. The summed E-state index contributed by atoms with van der Waals surface area (Å²) in [6, 6.07) is 15.9. The van der Waals surface area contributed by atoms with Crippen molar-refractivity contribution in [3.63, 3.8) is 0 Å². The van der Waals surface area contributed by atoms with Gasteiger partial charge in [-0.1, -0.05) is 42.5 Å². The summed E-state index contributed by atoms with van der Waals surface area (Å²) < 4.78 is 5.35. The van der Waals surface area contributed by atoms with Gasteiger partial charge in [-0.15, -0.1) is 0 Å². The molecule has 0 bridgehead atoms. The van der Waals surface area contributed by atoms with Gasteiger partial charge in [0.2, 0.25) is 11.8 Å². The lowest BCUT2D eigenvalue weighted by atomic mass is 9.85. The van der Waals surface area contributed by atoms with Gasteiger partial charge in [0.05, 0.1) is 23.9 Å². The van der Waals surface area contributed by atoms with Crippen molar-refractivity contribution in [2.45, 2.75) is 19.3 Å². The van der Waals surface area contributed by atoms with E-state index in [0.717, 1.165) is 5.56 Å². The number of fused-ring (bicyclic) bond motifs is 1. The number of ether oxygens (including phenoxy) is 1. The first-order chi connectivity index (χ1) is 13.1. The molecule has 2 amide bonds. The number of hydrogen-bond acceptors (Lipinski definition) is 4. The predicted octanol–water partition coefficient (Wildman–Crippen LogP) is 3.29. The predicted molar refractivity (Wildman–Crippen MR) is 100 cm³/mol. The van der Waals surface area contributed by atoms with E-state index >= 15 is 0 Å². The molecule has 0 saturated carbocycles. The van der Waals surface area contributed by atoms with Crippen LogP contribution in [-0.2, 0) is 20.8 Å². The smallest absolute Gasteiger partial charge is 0.315 e. The van der Waals surface area contributed by atoms with Crippen molar-refractivity contribution in [3.8, 4) is 5.75 Å². The average molecular weight is 361 g/mol. The van der Waals surface area contributed by atoms with Crippen molar-refractivity contribution in [3.05, 3.63) is 72.3 Å². The number of anilines is 1. The van der Waals surface area contributed by atoms with Crippen LogP contribution in [0.2, 0.25) is 0 Å². The summed E-state index contributed by atoms with van der Waals surface area (Å²) >= 11 is 0. The first-order valence-corrected chi connectivity index (χ1v) is 9.01. The summed E-state index contributed by atoms with van der Waals surface area (Å²) in [6.45, 7) is 0. The summed E-state index contributed by atoms with van der Waals surface area (Å²) in [4.78, 5) is 38.5. The van der Waals surface area contributed by atoms with Gasteiger partial charge in [-0.05, 0) is 42.7 Å². The first kappa shape index (κ1) is 17.2. The average Bonchev–Trinajstić information content (AvgIpc) is 2.94.